The Bertz CT molecular complexity index is 358. The van der Waals surface area contributed by atoms with E-state index in [9.17, 15) is 19.8 Å². The van der Waals surface area contributed by atoms with Crippen molar-refractivity contribution in [1.29, 1.82) is 0 Å². The lowest BCUT2D eigenvalue weighted by atomic mass is 10.0. The SMILES string of the molecule is C=C[C@](C)(O)CC(=O)N1CCN(C(=O)[C@@H](C)O)CC1. The molecule has 1 aliphatic heterocycles. The summed E-state index contributed by atoms with van der Waals surface area (Å²) < 4.78 is 0. The third-order valence-electron chi connectivity index (χ3n) is 3.25. The Labute approximate surface area is 113 Å². The fourth-order valence-corrected chi connectivity index (χ4v) is 1.93. The standard InChI is InChI=1S/C13H22N2O4/c1-4-13(3,19)9-11(17)14-5-7-15(8-6-14)12(18)10(2)16/h4,10,16,19H,1,5-9H2,2-3H3/t10-,13+/m1/s1. The van der Waals surface area contributed by atoms with Crippen LogP contribution in [0.1, 0.15) is 20.3 Å². The maximum Gasteiger partial charge on any atom is 0.251 e. The first kappa shape index (κ1) is 15.7. The first-order chi connectivity index (χ1) is 8.76. The molecule has 0 saturated carbocycles. The molecule has 0 aromatic heterocycles. The zero-order valence-corrected chi connectivity index (χ0v) is 11.5. The molecule has 108 valence electrons. The molecule has 0 bridgehead atoms. The van der Waals surface area contributed by atoms with Gasteiger partial charge in [-0.05, 0) is 13.8 Å². The van der Waals surface area contributed by atoms with Gasteiger partial charge in [0, 0.05) is 26.2 Å². The van der Waals surface area contributed by atoms with Gasteiger partial charge in [-0.15, -0.1) is 6.58 Å². The molecular formula is C13H22N2O4. The quantitative estimate of drug-likeness (QED) is 0.666. The number of carbonyl (C=O) groups excluding carboxylic acids is 2. The fourth-order valence-electron chi connectivity index (χ4n) is 1.93. The van der Waals surface area contributed by atoms with Crippen LogP contribution in [-0.2, 0) is 9.59 Å². The van der Waals surface area contributed by atoms with Crippen LogP contribution in [0.3, 0.4) is 0 Å². The van der Waals surface area contributed by atoms with Crippen molar-refractivity contribution in [3.8, 4) is 0 Å². The van der Waals surface area contributed by atoms with Crippen molar-refractivity contribution < 1.29 is 19.8 Å². The number of piperazine rings is 1. The minimum absolute atomic E-state index is 0.0130. The molecule has 0 radical (unpaired) electrons. The van der Waals surface area contributed by atoms with E-state index in [2.05, 4.69) is 6.58 Å². The van der Waals surface area contributed by atoms with E-state index in [1.165, 1.54) is 19.9 Å². The van der Waals surface area contributed by atoms with Gasteiger partial charge in [0.15, 0.2) is 0 Å². The second kappa shape index (κ2) is 6.16. The summed E-state index contributed by atoms with van der Waals surface area (Å²) >= 11 is 0. The van der Waals surface area contributed by atoms with Crippen molar-refractivity contribution in [2.24, 2.45) is 0 Å². The van der Waals surface area contributed by atoms with Crippen molar-refractivity contribution in [2.45, 2.75) is 32.0 Å². The molecule has 1 rings (SSSR count). The van der Waals surface area contributed by atoms with Crippen LogP contribution in [0.15, 0.2) is 12.7 Å². The minimum atomic E-state index is -1.20. The van der Waals surface area contributed by atoms with Crippen LogP contribution in [0.2, 0.25) is 0 Å². The van der Waals surface area contributed by atoms with Gasteiger partial charge in [-0.25, -0.2) is 0 Å². The van der Waals surface area contributed by atoms with Gasteiger partial charge in [-0.3, -0.25) is 9.59 Å². The molecule has 19 heavy (non-hydrogen) atoms. The maximum absolute atomic E-state index is 11.9. The van der Waals surface area contributed by atoms with Crippen LogP contribution in [0.4, 0.5) is 0 Å². The molecule has 2 amide bonds. The molecule has 2 N–H and O–H groups in total. The monoisotopic (exact) mass is 270 g/mol. The predicted octanol–water partition coefficient (Wildman–Crippen LogP) is -0.635. The average Bonchev–Trinajstić information content (AvgIpc) is 2.37. The summed E-state index contributed by atoms with van der Waals surface area (Å²) in [5, 5.41) is 19.0. The lowest BCUT2D eigenvalue weighted by Gasteiger charge is -2.36. The van der Waals surface area contributed by atoms with E-state index in [-0.39, 0.29) is 18.2 Å². The Morgan fingerprint density at radius 1 is 1.32 bits per heavy atom. The molecule has 0 unspecified atom stereocenters. The van der Waals surface area contributed by atoms with Crippen LogP contribution < -0.4 is 0 Å². The molecule has 1 fully saturated rings. The fraction of sp³-hybridized carbons (Fsp3) is 0.692. The highest BCUT2D eigenvalue weighted by atomic mass is 16.3. The second-order valence-electron chi connectivity index (χ2n) is 5.12. The summed E-state index contributed by atoms with van der Waals surface area (Å²) in [7, 11) is 0. The van der Waals surface area contributed by atoms with Gasteiger partial charge in [-0.2, -0.15) is 0 Å². The van der Waals surface area contributed by atoms with E-state index in [4.69, 9.17) is 0 Å². The van der Waals surface area contributed by atoms with E-state index in [0.717, 1.165) is 0 Å². The summed E-state index contributed by atoms with van der Waals surface area (Å²) in [6, 6.07) is 0. The summed E-state index contributed by atoms with van der Waals surface area (Å²) in [5.41, 5.74) is -1.20. The summed E-state index contributed by atoms with van der Waals surface area (Å²) in [6.45, 7) is 8.11. The number of hydrogen-bond donors (Lipinski definition) is 2. The highest BCUT2D eigenvalue weighted by molar-refractivity contribution is 5.81. The van der Waals surface area contributed by atoms with Crippen molar-refractivity contribution in [1.82, 2.24) is 9.80 Å². The Morgan fingerprint density at radius 3 is 2.21 bits per heavy atom. The van der Waals surface area contributed by atoms with Crippen LogP contribution in [0.25, 0.3) is 0 Å². The van der Waals surface area contributed by atoms with Crippen LogP contribution in [-0.4, -0.2) is 69.7 Å². The van der Waals surface area contributed by atoms with E-state index < -0.39 is 11.7 Å². The lowest BCUT2D eigenvalue weighted by Crippen LogP contribution is -2.53. The normalized spacial score (nSPS) is 20.6. The largest absolute Gasteiger partial charge is 0.386 e. The average molecular weight is 270 g/mol. The Balaban J connectivity index is 2.48. The third-order valence-corrected chi connectivity index (χ3v) is 3.25. The smallest absolute Gasteiger partial charge is 0.251 e. The molecule has 6 heteroatoms. The highest BCUT2D eigenvalue weighted by Gasteiger charge is 2.29. The van der Waals surface area contributed by atoms with Gasteiger partial charge in [0.25, 0.3) is 5.91 Å². The second-order valence-corrected chi connectivity index (χ2v) is 5.12. The molecule has 0 aromatic rings. The summed E-state index contributed by atoms with van der Waals surface area (Å²) in [6.07, 6.45) is 0.322. The van der Waals surface area contributed by atoms with Crippen LogP contribution in [0.5, 0.6) is 0 Å². The number of rotatable bonds is 4. The van der Waals surface area contributed by atoms with Gasteiger partial charge >= 0.3 is 0 Å². The topological polar surface area (TPSA) is 81.1 Å². The van der Waals surface area contributed by atoms with Crippen molar-refractivity contribution >= 4 is 11.8 Å². The number of nitrogens with zero attached hydrogens (tertiary/aromatic N) is 2. The molecule has 1 saturated heterocycles. The van der Waals surface area contributed by atoms with Crippen LogP contribution in [0, 0.1) is 0 Å². The van der Waals surface area contributed by atoms with Crippen molar-refractivity contribution in [2.75, 3.05) is 26.2 Å². The molecule has 1 heterocycles. The van der Waals surface area contributed by atoms with Crippen molar-refractivity contribution in [3.63, 3.8) is 0 Å². The van der Waals surface area contributed by atoms with E-state index >= 15 is 0 Å². The molecule has 6 nitrogen and oxygen atoms in total. The number of hydrogen-bond acceptors (Lipinski definition) is 4. The highest BCUT2D eigenvalue weighted by Crippen LogP contribution is 2.14. The summed E-state index contributed by atoms with van der Waals surface area (Å²) in [4.78, 5) is 26.7. The first-order valence-electron chi connectivity index (χ1n) is 6.37. The van der Waals surface area contributed by atoms with E-state index in [0.29, 0.717) is 26.2 Å². The molecule has 0 spiro atoms. The predicted molar refractivity (Wildman–Crippen MR) is 70.3 cm³/mol. The zero-order valence-electron chi connectivity index (χ0n) is 11.5. The first-order valence-corrected chi connectivity index (χ1v) is 6.37. The van der Waals surface area contributed by atoms with Gasteiger partial charge in [0.05, 0.1) is 12.0 Å². The number of aliphatic hydroxyl groups is 2. The van der Waals surface area contributed by atoms with Gasteiger partial charge in [0.2, 0.25) is 5.91 Å². The van der Waals surface area contributed by atoms with E-state index in [1.807, 2.05) is 0 Å². The Kier molecular flexibility index (Phi) is 5.08. The number of carbonyl (C=O) groups is 2. The molecule has 2 atom stereocenters. The van der Waals surface area contributed by atoms with Crippen molar-refractivity contribution in [3.05, 3.63) is 12.7 Å². The molecular weight excluding hydrogens is 248 g/mol. The molecule has 0 aromatic carbocycles. The minimum Gasteiger partial charge on any atom is -0.386 e. The zero-order chi connectivity index (χ0) is 14.6. The summed E-state index contributed by atoms with van der Waals surface area (Å²) in [5.74, 6) is -0.473. The maximum atomic E-state index is 11.9. The lowest BCUT2D eigenvalue weighted by molar-refractivity contribution is -0.145. The van der Waals surface area contributed by atoms with Gasteiger partial charge in [0.1, 0.15) is 6.10 Å². The van der Waals surface area contributed by atoms with E-state index in [1.54, 1.807) is 9.80 Å². The van der Waals surface area contributed by atoms with Gasteiger partial charge in [-0.1, -0.05) is 6.08 Å². The Morgan fingerprint density at radius 2 is 1.79 bits per heavy atom. The Hall–Kier alpha value is -1.40. The van der Waals surface area contributed by atoms with Crippen LogP contribution >= 0.6 is 0 Å². The number of amides is 2. The number of aliphatic hydroxyl groups excluding tert-OH is 1. The molecule has 1 aliphatic rings. The van der Waals surface area contributed by atoms with Gasteiger partial charge < -0.3 is 20.0 Å². The molecule has 0 aliphatic carbocycles. The third kappa shape index (κ3) is 4.33.